The highest BCUT2D eigenvalue weighted by molar-refractivity contribution is 6.05. The first kappa shape index (κ1) is 23.3. The summed E-state index contributed by atoms with van der Waals surface area (Å²) in [6, 6.07) is 8.56. The minimum Gasteiger partial charge on any atom is -0.496 e. The minimum absolute atomic E-state index is 0.190. The lowest BCUT2D eigenvalue weighted by atomic mass is 10.0. The predicted octanol–water partition coefficient (Wildman–Crippen LogP) is 2.23. The first-order valence-corrected chi connectivity index (χ1v) is 11.9. The number of amides is 3. The summed E-state index contributed by atoms with van der Waals surface area (Å²) >= 11 is 0. The Kier molecular flexibility index (Phi) is 6.19. The molecule has 2 saturated heterocycles. The highest BCUT2D eigenvalue weighted by Crippen LogP contribution is 2.33. The summed E-state index contributed by atoms with van der Waals surface area (Å²) in [5.41, 5.74) is 3.77. The fourth-order valence-corrected chi connectivity index (χ4v) is 5.19. The van der Waals surface area contributed by atoms with Crippen LogP contribution in [0.25, 0.3) is 0 Å². The fraction of sp³-hybridized carbons (Fsp3) is 0.423. The van der Waals surface area contributed by atoms with Gasteiger partial charge in [0.15, 0.2) is 0 Å². The molecule has 3 aliphatic rings. The highest BCUT2D eigenvalue weighted by atomic mass is 19.1. The number of fused-ring (bicyclic) bond motifs is 1. The number of carbonyl (C=O) groups excluding carboxylic acids is 3. The van der Waals surface area contributed by atoms with Crippen molar-refractivity contribution in [2.24, 2.45) is 0 Å². The van der Waals surface area contributed by atoms with E-state index in [0.29, 0.717) is 29.9 Å². The van der Waals surface area contributed by atoms with Crippen molar-refractivity contribution in [3.63, 3.8) is 0 Å². The Balaban J connectivity index is 1.25. The average molecular weight is 481 g/mol. The first-order valence-electron chi connectivity index (χ1n) is 11.9. The lowest BCUT2D eigenvalue weighted by molar-refractivity contribution is -0.136. The quantitative estimate of drug-likeness (QED) is 0.661. The van der Waals surface area contributed by atoms with Crippen molar-refractivity contribution >= 4 is 23.4 Å². The van der Waals surface area contributed by atoms with Crippen LogP contribution >= 0.6 is 0 Å². The van der Waals surface area contributed by atoms with Crippen LogP contribution in [0, 0.1) is 12.7 Å². The molecule has 0 aromatic heterocycles. The van der Waals surface area contributed by atoms with Gasteiger partial charge in [0, 0.05) is 51.3 Å². The molecule has 0 aliphatic carbocycles. The van der Waals surface area contributed by atoms with Gasteiger partial charge in [-0.2, -0.15) is 0 Å². The number of imide groups is 1. The monoisotopic (exact) mass is 480 g/mol. The average Bonchev–Trinajstić information content (AvgIpc) is 3.15. The molecule has 1 N–H and O–H groups in total. The van der Waals surface area contributed by atoms with Gasteiger partial charge in [-0.15, -0.1) is 0 Å². The molecule has 5 rings (SSSR count). The standard InChI is InChI=1S/C26H29FN4O4/c1-16-3-4-17(11-23(16)35-2)14-29-7-9-30(10-8-29)22-12-18-15-31(26(34)19(18)13-20(22)27)21-5-6-24(32)28-25(21)33/h3-4,11-13,21H,5-10,14-15H2,1-2H3,(H,28,32,33). The van der Waals surface area contributed by atoms with Crippen molar-refractivity contribution in [1.29, 1.82) is 0 Å². The second-order valence-corrected chi connectivity index (χ2v) is 9.43. The molecule has 0 radical (unpaired) electrons. The summed E-state index contributed by atoms with van der Waals surface area (Å²) in [4.78, 5) is 42.4. The molecule has 3 amide bonds. The summed E-state index contributed by atoms with van der Waals surface area (Å²) in [6.07, 6.45) is 0.477. The van der Waals surface area contributed by atoms with E-state index in [4.69, 9.17) is 4.74 Å². The van der Waals surface area contributed by atoms with E-state index in [-0.39, 0.29) is 31.2 Å². The number of rotatable bonds is 5. The maximum atomic E-state index is 15.1. The zero-order chi connectivity index (χ0) is 24.7. The highest BCUT2D eigenvalue weighted by Gasteiger charge is 2.40. The number of aryl methyl sites for hydroxylation is 1. The number of nitrogens with zero attached hydrogens (tertiary/aromatic N) is 3. The summed E-state index contributed by atoms with van der Waals surface area (Å²) in [5, 5.41) is 2.29. The Morgan fingerprint density at radius 1 is 1.09 bits per heavy atom. The van der Waals surface area contributed by atoms with Crippen molar-refractivity contribution in [3.05, 3.63) is 58.4 Å². The molecule has 1 atom stereocenters. The van der Waals surface area contributed by atoms with Crippen LogP contribution in [-0.2, 0) is 22.7 Å². The van der Waals surface area contributed by atoms with Gasteiger partial charge in [-0.1, -0.05) is 12.1 Å². The minimum atomic E-state index is -0.706. The molecule has 0 saturated carbocycles. The molecule has 184 valence electrons. The van der Waals surface area contributed by atoms with Gasteiger partial charge in [-0.25, -0.2) is 4.39 Å². The number of piperazine rings is 1. The van der Waals surface area contributed by atoms with Crippen LogP contribution in [0.2, 0.25) is 0 Å². The van der Waals surface area contributed by atoms with Gasteiger partial charge in [-0.05, 0) is 48.2 Å². The van der Waals surface area contributed by atoms with E-state index in [1.807, 2.05) is 11.8 Å². The third kappa shape index (κ3) is 4.48. The van der Waals surface area contributed by atoms with Crippen LogP contribution in [0.3, 0.4) is 0 Å². The van der Waals surface area contributed by atoms with E-state index in [1.165, 1.54) is 16.5 Å². The molecular weight excluding hydrogens is 451 g/mol. The lowest BCUT2D eigenvalue weighted by Crippen LogP contribution is -2.52. The molecule has 9 heteroatoms. The van der Waals surface area contributed by atoms with E-state index in [9.17, 15) is 14.4 Å². The number of hydrogen-bond donors (Lipinski definition) is 1. The number of methoxy groups -OCH3 is 1. The molecular formula is C26H29FN4O4. The van der Waals surface area contributed by atoms with E-state index < -0.39 is 17.8 Å². The van der Waals surface area contributed by atoms with Crippen LogP contribution in [0.1, 0.15) is 39.9 Å². The predicted molar refractivity (Wildman–Crippen MR) is 128 cm³/mol. The third-order valence-electron chi connectivity index (χ3n) is 7.18. The van der Waals surface area contributed by atoms with Gasteiger partial charge < -0.3 is 14.5 Å². The molecule has 3 heterocycles. The van der Waals surface area contributed by atoms with Crippen molar-refractivity contribution in [2.75, 3.05) is 38.2 Å². The number of carbonyl (C=O) groups is 3. The number of halogens is 1. The van der Waals surface area contributed by atoms with Crippen molar-refractivity contribution in [3.8, 4) is 5.75 Å². The SMILES string of the molecule is COc1cc(CN2CCN(c3cc4c(cc3F)C(=O)N(C3CCC(=O)NC3=O)C4)CC2)ccc1C. The summed E-state index contributed by atoms with van der Waals surface area (Å²) in [5.74, 6) is -0.714. The van der Waals surface area contributed by atoms with Gasteiger partial charge in [0.1, 0.15) is 17.6 Å². The topological polar surface area (TPSA) is 82.2 Å². The Morgan fingerprint density at radius 2 is 1.86 bits per heavy atom. The fourth-order valence-electron chi connectivity index (χ4n) is 5.19. The Hall–Kier alpha value is -3.46. The number of hydrogen-bond acceptors (Lipinski definition) is 6. The second-order valence-electron chi connectivity index (χ2n) is 9.43. The third-order valence-corrected chi connectivity index (χ3v) is 7.18. The van der Waals surface area contributed by atoms with Gasteiger partial charge in [0.05, 0.1) is 12.8 Å². The van der Waals surface area contributed by atoms with Crippen LogP contribution in [0.4, 0.5) is 10.1 Å². The number of benzene rings is 2. The Labute approximate surface area is 203 Å². The Morgan fingerprint density at radius 3 is 2.57 bits per heavy atom. The zero-order valence-corrected chi connectivity index (χ0v) is 20.0. The van der Waals surface area contributed by atoms with Crippen molar-refractivity contribution in [1.82, 2.24) is 15.1 Å². The molecule has 8 nitrogen and oxygen atoms in total. The first-order chi connectivity index (χ1) is 16.8. The molecule has 35 heavy (non-hydrogen) atoms. The van der Waals surface area contributed by atoms with Crippen molar-refractivity contribution in [2.45, 2.75) is 38.9 Å². The second kappa shape index (κ2) is 9.30. The Bertz CT molecular complexity index is 1190. The van der Waals surface area contributed by atoms with Gasteiger partial charge in [0.2, 0.25) is 11.8 Å². The molecule has 0 bridgehead atoms. The zero-order valence-electron chi connectivity index (χ0n) is 20.0. The molecule has 2 aromatic carbocycles. The van der Waals surface area contributed by atoms with E-state index in [1.54, 1.807) is 13.2 Å². The number of anilines is 1. The number of ether oxygens (including phenoxy) is 1. The van der Waals surface area contributed by atoms with Crippen LogP contribution in [0.5, 0.6) is 5.75 Å². The molecule has 3 aliphatic heterocycles. The normalized spacial score (nSPS) is 20.8. The van der Waals surface area contributed by atoms with Crippen LogP contribution in [0.15, 0.2) is 30.3 Å². The molecule has 1 unspecified atom stereocenters. The van der Waals surface area contributed by atoms with E-state index >= 15 is 4.39 Å². The maximum absolute atomic E-state index is 15.1. The molecule has 2 fully saturated rings. The van der Waals surface area contributed by atoms with E-state index in [0.717, 1.165) is 30.9 Å². The number of piperidine rings is 1. The summed E-state index contributed by atoms with van der Waals surface area (Å²) < 4.78 is 20.5. The van der Waals surface area contributed by atoms with Gasteiger partial charge in [-0.3, -0.25) is 24.6 Å². The largest absolute Gasteiger partial charge is 0.496 e. The van der Waals surface area contributed by atoms with E-state index in [2.05, 4.69) is 28.4 Å². The van der Waals surface area contributed by atoms with Crippen molar-refractivity contribution < 1.29 is 23.5 Å². The summed E-state index contributed by atoms with van der Waals surface area (Å²) in [7, 11) is 1.67. The van der Waals surface area contributed by atoms with Gasteiger partial charge in [0.25, 0.3) is 5.91 Å². The van der Waals surface area contributed by atoms with Gasteiger partial charge >= 0.3 is 0 Å². The number of nitrogens with one attached hydrogen (secondary N) is 1. The van der Waals surface area contributed by atoms with Crippen LogP contribution in [-0.4, -0.2) is 66.9 Å². The molecule has 2 aromatic rings. The maximum Gasteiger partial charge on any atom is 0.255 e. The molecule has 0 spiro atoms. The smallest absolute Gasteiger partial charge is 0.255 e. The summed E-state index contributed by atoms with van der Waals surface area (Å²) in [6.45, 7) is 5.97. The lowest BCUT2D eigenvalue weighted by Gasteiger charge is -2.36. The van der Waals surface area contributed by atoms with Crippen LogP contribution < -0.4 is 15.0 Å².